The summed E-state index contributed by atoms with van der Waals surface area (Å²) in [5, 5.41) is 6.96. The summed E-state index contributed by atoms with van der Waals surface area (Å²) in [5.74, 6) is -1.01. The number of aromatic nitrogens is 2. The molecule has 1 aliphatic carbocycles. The predicted octanol–water partition coefficient (Wildman–Crippen LogP) is 1.68. The Morgan fingerprint density at radius 3 is 2.64 bits per heavy atom. The molecule has 1 saturated carbocycles. The van der Waals surface area contributed by atoms with Crippen molar-refractivity contribution in [3.05, 3.63) is 57.8 Å². The number of hydrogen-bond donors (Lipinski definition) is 2. The number of rotatable bonds is 3. The minimum atomic E-state index is -0.532. The number of amides is 1. The van der Waals surface area contributed by atoms with E-state index in [0.29, 0.717) is 5.69 Å². The molecule has 6 nitrogen and oxygen atoms in total. The van der Waals surface area contributed by atoms with E-state index in [2.05, 4.69) is 10.4 Å². The minimum Gasteiger partial charge on any atom is -0.348 e. The molecule has 0 spiro atoms. The number of nitrogens with zero attached hydrogens (tertiary/aromatic N) is 2. The Morgan fingerprint density at radius 1 is 1.28 bits per heavy atom. The highest BCUT2D eigenvalue weighted by molar-refractivity contribution is 5.92. The third-order valence-corrected chi connectivity index (χ3v) is 4.51. The van der Waals surface area contributed by atoms with Gasteiger partial charge in [0, 0.05) is 23.8 Å². The van der Waals surface area contributed by atoms with Crippen LogP contribution in [-0.4, -0.2) is 27.8 Å². The number of aryl methyl sites for hydroxylation is 1. The molecule has 0 saturated heterocycles. The second-order valence-corrected chi connectivity index (χ2v) is 6.45. The first-order valence-corrected chi connectivity index (χ1v) is 8.38. The zero-order valence-electron chi connectivity index (χ0n) is 14.0. The summed E-state index contributed by atoms with van der Waals surface area (Å²) >= 11 is 0. The highest BCUT2D eigenvalue weighted by Gasteiger charge is 2.23. The van der Waals surface area contributed by atoms with Crippen LogP contribution in [0.25, 0.3) is 5.69 Å². The molecule has 1 aromatic heterocycles. The number of carbonyl (C=O) groups is 1. The van der Waals surface area contributed by atoms with Crippen LogP contribution >= 0.6 is 0 Å². The summed E-state index contributed by atoms with van der Waals surface area (Å²) in [4.78, 5) is 24.7. The van der Waals surface area contributed by atoms with Crippen molar-refractivity contribution in [3.63, 3.8) is 0 Å². The van der Waals surface area contributed by atoms with Gasteiger partial charge in [-0.1, -0.05) is 12.1 Å². The third-order valence-electron chi connectivity index (χ3n) is 4.51. The summed E-state index contributed by atoms with van der Waals surface area (Å²) in [6, 6.07) is 7.54. The van der Waals surface area contributed by atoms with E-state index in [-0.39, 0.29) is 23.5 Å². The Hall–Kier alpha value is -2.54. The molecule has 25 heavy (non-hydrogen) atoms. The maximum absolute atomic E-state index is 14.0. The van der Waals surface area contributed by atoms with E-state index in [1.807, 2.05) is 0 Å². The molecule has 1 amide bonds. The van der Waals surface area contributed by atoms with Crippen molar-refractivity contribution in [2.75, 3.05) is 0 Å². The minimum absolute atomic E-state index is 0.0169. The first-order chi connectivity index (χ1) is 12.0. The van der Waals surface area contributed by atoms with Crippen LogP contribution in [0.1, 0.15) is 41.9 Å². The fourth-order valence-corrected chi connectivity index (χ4v) is 3.09. The molecular weight excluding hydrogens is 323 g/mol. The fraction of sp³-hybridized carbons (Fsp3) is 0.389. The summed E-state index contributed by atoms with van der Waals surface area (Å²) < 4.78 is 15.3. The molecule has 7 heteroatoms. The highest BCUT2D eigenvalue weighted by Crippen LogP contribution is 2.17. The van der Waals surface area contributed by atoms with Crippen LogP contribution < -0.4 is 16.5 Å². The topological polar surface area (TPSA) is 90.0 Å². The molecule has 3 rings (SSSR count). The quantitative estimate of drug-likeness (QED) is 0.886. The van der Waals surface area contributed by atoms with E-state index in [0.717, 1.165) is 25.7 Å². The number of nitrogens with two attached hydrogens (primary N) is 1. The molecule has 0 atom stereocenters. The smallest absolute Gasteiger partial charge is 0.276 e. The highest BCUT2D eigenvalue weighted by atomic mass is 19.1. The van der Waals surface area contributed by atoms with Crippen LogP contribution in [0.2, 0.25) is 0 Å². The maximum Gasteiger partial charge on any atom is 0.276 e. The molecule has 1 aliphatic rings. The summed E-state index contributed by atoms with van der Waals surface area (Å²) in [6.07, 6.45) is 3.23. The molecule has 3 N–H and O–H groups in total. The van der Waals surface area contributed by atoms with E-state index < -0.39 is 17.2 Å². The molecular formula is C18H21FN4O2. The van der Waals surface area contributed by atoms with E-state index in [9.17, 15) is 14.0 Å². The van der Waals surface area contributed by atoms with Gasteiger partial charge in [-0.05, 0) is 44.7 Å². The van der Waals surface area contributed by atoms with Gasteiger partial charge in [-0.15, -0.1) is 0 Å². The third kappa shape index (κ3) is 3.76. The molecule has 132 valence electrons. The zero-order valence-corrected chi connectivity index (χ0v) is 14.0. The van der Waals surface area contributed by atoms with Gasteiger partial charge in [0.05, 0.1) is 0 Å². The largest absolute Gasteiger partial charge is 0.348 e. The molecule has 1 heterocycles. The van der Waals surface area contributed by atoms with Gasteiger partial charge in [0.25, 0.3) is 5.91 Å². The van der Waals surface area contributed by atoms with Crippen molar-refractivity contribution in [1.82, 2.24) is 15.1 Å². The van der Waals surface area contributed by atoms with E-state index in [4.69, 9.17) is 5.73 Å². The van der Waals surface area contributed by atoms with Crippen molar-refractivity contribution < 1.29 is 9.18 Å². The second kappa shape index (κ2) is 7.14. The summed E-state index contributed by atoms with van der Waals surface area (Å²) in [5.41, 5.74) is 5.80. The molecule has 1 aromatic carbocycles. The predicted molar refractivity (Wildman–Crippen MR) is 92.2 cm³/mol. The number of benzene rings is 1. The Morgan fingerprint density at radius 2 is 1.96 bits per heavy atom. The lowest BCUT2D eigenvalue weighted by molar-refractivity contribution is 0.0917. The average molecular weight is 344 g/mol. The van der Waals surface area contributed by atoms with Gasteiger partial charge in [-0.25, -0.2) is 9.07 Å². The molecule has 0 radical (unpaired) electrons. The van der Waals surface area contributed by atoms with E-state index >= 15 is 0 Å². The molecule has 2 aromatic rings. The van der Waals surface area contributed by atoms with Gasteiger partial charge < -0.3 is 11.1 Å². The first kappa shape index (κ1) is 17.3. The standard InChI is InChI=1S/C18H21FN4O2/c1-11-10-16(24)17(18(25)21-13-8-6-12(20)7-9-13)22-23(11)15-5-3-2-4-14(15)19/h2-5,10,12-13H,6-9,20H2,1H3,(H,21,25). The Labute approximate surface area is 144 Å². The van der Waals surface area contributed by atoms with Gasteiger partial charge >= 0.3 is 0 Å². The van der Waals surface area contributed by atoms with Crippen LogP contribution in [0.15, 0.2) is 35.1 Å². The Kier molecular flexibility index (Phi) is 4.94. The van der Waals surface area contributed by atoms with Gasteiger partial charge in [0.2, 0.25) is 5.43 Å². The lowest BCUT2D eigenvalue weighted by Gasteiger charge is -2.26. The van der Waals surface area contributed by atoms with E-state index in [1.54, 1.807) is 25.1 Å². The molecule has 1 fully saturated rings. The number of para-hydroxylation sites is 1. The summed E-state index contributed by atoms with van der Waals surface area (Å²) in [6.45, 7) is 1.64. The van der Waals surface area contributed by atoms with Crippen LogP contribution in [0.5, 0.6) is 0 Å². The second-order valence-electron chi connectivity index (χ2n) is 6.45. The Bertz CT molecular complexity index is 841. The number of halogens is 1. The van der Waals surface area contributed by atoms with Crippen molar-refractivity contribution in [2.45, 2.75) is 44.7 Å². The van der Waals surface area contributed by atoms with Crippen LogP contribution in [0.4, 0.5) is 4.39 Å². The summed E-state index contributed by atoms with van der Waals surface area (Å²) in [7, 11) is 0. The number of hydrogen-bond acceptors (Lipinski definition) is 4. The van der Waals surface area contributed by atoms with Crippen LogP contribution in [0.3, 0.4) is 0 Å². The fourth-order valence-electron chi connectivity index (χ4n) is 3.09. The van der Waals surface area contributed by atoms with Crippen molar-refractivity contribution in [2.24, 2.45) is 5.73 Å². The first-order valence-electron chi connectivity index (χ1n) is 8.38. The van der Waals surface area contributed by atoms with Crippen LogP contribution in [0, 0.1) is 12.7 Å². The zero-order chi connectivity index (χ0) is 18.0. The molecule has 0 bridgehead atoms. The van der Waals surface area contributed by atoms with Gasteiger partial charge in [-0.2, -0.15) is 5.10 Å². The van der Waals surface area contributed by atoms with Gasteiger partial charge in [0.1, 0.15) is 11.5 Å². The maximum atomic E-state index is 14.0. The normalized spacial score (nSPS) is 20.3. The van der Waals surface area contributed by atoms with Crippen molar-refractivity contribution in [1.29, 1.82) is 0 Å². The average Bonchev–Trinajstić information content (AvgIpc) is 2.58. The van der Waals surface area contributed by atoms with Crippen LogP contribution in [-0.2, 0) is 0 Å². The molecule has 0 aliphatic heterocycles. The number of carbonyl (C=O) groups excluding carboxylic acids is 1. The Balaban J connectivity index is 1.89. The van der Waals surface area contributed by atoms with Gasteiger partial charge in [0.15, 0.2) is 5.69 Å². The van der Waals surface area contributed by atoms with Crippen molar-refractivity contribution in [3.8, 4) is 5.69 Å². The number of nitrogens with one attached hydrogen (secondary N) is 1. The van der Waals surface area contributed by atoms with Gasteiger partial charge in [-0.3, -0.25) is 9.59 Å². The SMILES string of the molecule is Cc1cc(=O)c(C(=O)NC2CCC(N)CC2)nn1-c1ccccc1F. The van der Waals surface area contributed by atoms with Crippen molar-refractivity contribution >= 4 is 5.91 Å². The van der Waals surface area contributed by atoms with E-state index in [1.165, 1.54) is 16.8 Å². The monoisotopic (exact) mass is 344 g/mol. The molecule has 0 unspecified atom stereocenters. The lowest BCUT2D eigenvalue weighted by atomic mass is 9.92. The lowest BCUT2D eigenvalue weighted by Crippen LogP contribution is -2.42.